The monoisotopic (exact) mass is 384 g/mol. The Bertz CT molecular complexity index is 722. The lowest BCUT2D eigenvalue weighted by molar-refractivity contribution is -0.145. The van der Waals surface area contributed by atoms with Gasteiger partial charge in [0.1, 0.15) is 0 Å². The van der Waals surface area contributed by atoms with E-state index in [0.717, 1.165) is 37.8 Å². The van der Waals surface area contributed by atoms with E-state index in [1.807, 2.05) is 0 Å². The molecule has 3 saturated carbocycles. The van der Waals surface area contributed by atoms with Gasteiger partial charge in [-0.3, -0.25) is 0 Å². The van der Waals surface area contributed by atoms with Gasteiger partial charge in [-0.15, -0.1) is 0 Å². The molecule has 2 bridgehead atoms. The second-order valence-electron chi connectivity index (χ2n) is 8.73. The first-order valence-corrected chi connectivity index (χ1v) is 11.2. The topological polar surface area (TPSA) is 85.3 Å². The highest BCUT2D eigenvalue weighted by molar-refractivity contribution is 7.89. The van der Waals surface area contributed by atoms with Crippen molar-refractivity contribution in [2.45, 2.75) is 46.0 Å². The van der Waals surface area contributed by atoms with Crippen molar-refractivity contribution in [3.8, 4) is 0 Å². The van der Waals surface area contributed by atoms with E-state index in [4.69, 9.17) is 9.57 Å². The summed E-state index contributed by atoms with van der Waals surface area (Å²) in [5, 5.41) is 4.22. The van der Waals surface area contributed by atoms with Crippen LogP contribution in [0.3, 0.4) is 0 Å². The molecule has 146 valence electrons. The Morgan fingerprint density at radius 3 is 2.58 bits per heavy atom. The zero-order valence-electron chi connectivity index (χ0n) is 15.6. The van der Waals surface area contributed by atoms with Crippen LogP contribution in [0.1, 0.15) is 46.0 Å². The van der Waals surface area contributed by atoms with Gasteiger partial charge in [0.2, 0.25) is 10.0 Å². The Morgan fingerprint density at radius 2 is 1.96 bits per heavy atom. The molecular weight excluding hydrogens is 356 g/mol. The third-order valence-corrected chi connectivity index (χ3v) is 9.12. The van der Waals surface area contributed by atoms with Gasteiger partial charge >= 0.3 is 5.97 Å². The van der Waals surface area contributed by atoms with Crippen LogP contribution in [0, 0.1) is 22.7 Å². The van der Waals surface area contributed by atoms with E-state index in [-0.39, 0.29) is 23.1 Å². The maximum atomic E-state index is 13.1. The normalized spacial score (nSPS) is 35.8. The molecule has 4 fully saturated rings. The van der Waals surface area contributed by atoms with Crippen LogP contribution in [-0.2, 0) is 24.4 Å². The maximum Gasteiger partial charge on any atom is 0.338 e. The van der Waals surface area contributed by atoms with Crippen LogP contribution in [0.15, 0.2) is 5.16 Å². The molecule has 4 aliphatic rings. The Kier molecular flexibility index (Phi) is 4.44. The van der Waals surface area contributed by atoms with E-state index in [9.17, 15) is 13.2 Å². The molecule has 0 aromatic carbocycles. The van der Waals surface area contributed by atoms with Gasteiger partial charge in [0, 0.05) is 18.5 Å². The van der Waals surface area contributed by atoms with Crippen molar-refractivity contribution in [1.29, 1.82) is 0 Å². The summed E-state index contributed by atoms with van der Waals surface area (Å²) in [6, 6.07) is 0. The molecule has 0 radical (unpaired) electrons. The average molecular weight is 384 g/mol. The van der Waals surface area contributed by atoms with Gasteiger partial charge in [-0.1, -0.05) is 19.0 Å². The molecule has 0 aromatic heterocycles. The molecule has 3 aliphatic carbocycles. The molecular formula is C18H28N2O5S. The summed E-state index contributed by atoms with van der Waals surface area (Å²) >= 11 is 0. The Hall–Kier alpha value is -0.990. The second-order valence-corrected chi connectivity index (χ2v) is 10.7. The minimum Gasteiger partial charge on any atom is -0.379 e. The third kappa shape index (κ3) is 2.90. The van der Waals surface area contributed by atoms with E-state index in [1.165, 1.54) is 0 Å². The van der Waals surface area contributed by atoms with Gasteiger partial charge in [0.25, 0.3) is 0 Å². The number of fused-ring (bicyclic) bond motifs is 2. The molecule has 7 nitrogen and oxygen atoms in total. The summed E-state index contributed by atoms with van der Waals surface area (Å²) < 4.78 is 33.1. The molecule has 0 aromatic rings. The fourth-order valence-corrected chi connectivity index (χ4v) is 7.18. The van der Waals surface area contributed by atoms with Crippen molar-refractivity contribution in [2.75, 3.05) is 32.1 Å². The van der Waals surface area contributed by atoms with Crippen LogP contribution in [0.5, 0.6) is 0 Å². The first-order chi connectivity index (χ1) is 12.3. The number of nitrogens with zero attached hydrogens (tertiary/aromatic N) is 2. The smallest absolute Gasteiger partial charge is 0.338 e. The van der Waals surface area contributed by atoms with Crippen LogP contribution in [0.25, 0.3) is 0 Å². The van der Waals surface area contributed by atoms with Crippen LogP contribution in [0.2, 0.25) is 0 Å². The van der Waals surface area contributed by atoms with Gasteiger partial charge in [-0.2, -0.15) is 4.31 Å². The van der Waals surface area contributed by atoms with Gasteiger partial charge in [0.05, 0.1) is 30.6 Å². The number of sulfonamides is 1. The average Bonchev–Trinajstić information content (AvgIpc) is 3.40. The summed E-state index contributed by atoms with van der Waals surface area (Å²) in [5.74, 6) is 0.146. The second kappa shape index (κ2) is 6.27. The number of rotatable bonds is 5. The highest BCUT2D eigenvalue weighted by Crippen LogP contribution is 2.64. The van der Waals surface area contributed by atoms with Gasteiger partial charge < -0.3 is 9.57 Å². The zero-order chi connectivity index (χ0) is 18.6. The van der Waals surface area contributed by atoms with E-state index in [2.05, 4.69) is 19.0 Å². The van der Waals surface area contributed by atoms with E-state index < -0.39 is 15.4 Å². The van der Waals surface area contributed by atoms with E-state index in [1.54, 1.807) is 4.31 Å². The standard InChI is InChI=1S/C18H28N2O5S/c1-17(2)14-5-6-18(17,12-26(22,23)20-7-9-24-10-8-20)15(11-14)19-25-16(21)13-3-4-13/h13-14H,3-12H2,1-2H3/b19-15+. The summed E-state index contributed by atoms with van der Waals surface area (Å²) in [5.41, 5.74) is 0.0556. The fourth-order valence-electron chi connectivity index (χ4n) is 4.98. The zero-order valence-corrected chi connectivity index (χ0v) is 16.4. The quantitative estimate of drug-likeness (QED) is 0.533. The van der Waals surface area contributed by atoms with Gasteiger partial charge in [-0.05, 0) is 43.4 Å². The molecule has 0 spiro atoms. The largest absolute Gasteiger partial charge is 0.379 e. The van der Waals surface area contributed by atoms with Crippen molar-refractivity contribution in [3.05, 3.63) is 0 Å². The lowest BCUT2D eigenvalue weighted by atomic mass is 9.70. The molecule has 1 saturated heterocycles. The molecule has 26 heavy (non-hydrogen) atoms. The molecule has 4 rings (SSSR count). The molecule has 0 N–H and O–H groups in total. The highest BCUT2D eigenvalue weighted by Gasteiger charge is 2.64. The number of hydrogen-bond donors (Lipinski definition) is 0. The maximum absolute atomic E-state index is 13.1. The third-order valence-electron chi connectivity index (χ3n) is 7.11. The Labute approximate surface area is 155 Å². The number of hydrogen-bond acceptors (Lipinski definition) is 6. The molecule has 1 heterocycles. The molecule has 2 atom stereocenters. The lowest BCUT2D eigenvalue weighted by Gasteiger charge is -2.39. The predicted octanol–water partition coefficient (Wildman–Crippen LogP) is 1.78. The number of carbonyl (C=O) groups is 1. The van der Waals surface area contributed by atoms with Crippen molar-refractivity contribution in [2.24, 2.45) is 27.8 Å². The van der Waals surface area contributed by atoms with Crippen LogP contribution >= 0.6 is 0 Å². The van der Waals surface area contributed by atoms with Gasteiger partial charge in [-0.25, -0.2) is 13.2 Å². The minimum atomic E-state index is -3.43. The first kappa shape index (κ1) is 18.4. The summed E-state index contributed by atoms with van der Waals surface area (Å²) in [4.78, 5) is 17.1. The van der Waals surface area contributed by atoms with Gasteiger partial charge in [0.15, 0.2) is 0 Å². The number of morpholine rings is 1. The number of oxime groups is 1. The first-order valence-electron chi connectivity index (χ1n) is 9.60. The molecule has 1 aliphatic heterocycles. The lowest BCUT2D eigenvalue weighted by Crippen LogP contribution is -2.49. The summed E-state index contributed by atoms with van der Waals surface area (Å²) in [6.45, 7) is 5.99. The summed E-state index contributed by atoms with van der Waals surface area (Å²) in [6.07, 6.45) is 4.25. The van der Waals surface area contributed by atoms with Crippen molar-refractivity contribution >= 4 is 21.7 Å². The molecule has 8 heteroatoms. The Morgan fingerprint density at radius 1 is 1.27 bits per heavy atom. The van der Waals surface area contributed by atoms with Crippen LogP contribution in [0.4, 0.5) is 0 Å². The number of ether oxygens (including phenoxy) is 1. The highest BCUT2D eigenvalue weighted by atomic mass is 32.2. The fraction of sp³-hybridized carbons (Fsp3) is 0.889. The van der Waals surface area contributed by atoms with E-state index >= 15 is 0 Å². The minimum absolute atomic E-state index is 0.0148. The SMILES string of the molecule is CC1(C)C2CCC1(CS(=O)(=O)N1CCOCC1)/C(=N/OC(=O)C1CC1)C2. The van der Waals surface area contributed by atoms with Crippen molar-refractivity contribution in [1.82, 2.24) is 4.31 Å². The Balaban J connectivity index is 1.60. The van der Waals surface area contributed by atoms with E-state index in [0.29, 0.717) is 32.2 Å². The predicted molar refractivity (Wildman–Crippen MR) is 96.0 cm³/mol. The van der Waals surface area contributed by atoms with Crippen LogP contribution < -0.4 is 0 Å². The van der Waals surface area contributed by atoms with Crippen molar-refractivity contribution in [3.63, 3.8) is 0 Å². The van der Waals surface area contributed by atoms with Crippen LogP contribution in [-0.4, -0.2) is 56.5 Å². The van der Waals surface area contributed by atoms with Crippen molar-refractivity contribution < 1.29 is 22.8 Å². The molecule has 2 unspecified atom stereocenters. The molecule has 0 amide bonds. The number of carbonyl (C=O) groups excluding carboxylic acids is 1. The summed E-state index contributed by atoms with van der Waals surface area (Å²) in [7, 11) is -3.43.